The van der Waals surface area contributed by atoms with Gasteiger partial charge in [0.25, 0.3) is 0 Å². The van der Waals surface area contributed by atoms with Crippen molar-refractivity contribution in [1.82, 2.24) is 0 Å². The van der Waals surface area contributed by atoms with Crippen molar-refractivity contribution in [1.29, 1.82) is 0 Å². The van der Waals surface area contributed by atoms with Crippen LogP contribution in [0.15, 0.2) is 22.7 Å². The Bertz CT molecular complexity index is 447. The first-order valence-corrected chi connectivity index (χ1v) is 7.18. The van der Waals surface area contributed by atoms with E-state index in [-0.39, 0.29) is 11.8 Å². The van der Waals surface area contributed by atoms with Crippen LogP contribution < -0.4 is 11.1 Å². The SMILES string of the molecule is Cc1cc(Br)ccc1NC(=O)C1CCCC1CN. The van der Waals surface area contributed by atoms with Crippen molar-refractivity contribution in [2.45, 2.75) is 26.2 Å². The van der Waals surface area contributed by atoms with E-state index in [1.165, 1.54) is 0 Å². The minimum absolute atomic E-state index is 0.0815. The Morgan fingerprint density at radius 2 is 2.28 bits per heavy atom. The molecule has 1 aromatic carbocycles. The second kappa shape index (κ2) is 5.85. The molecule has 1 fully saturated rings. The lowest BCUT2D eigenvalue weighted by Gasteiger charge is -2.18. The molecule has 3 nitrogen and oxygen atoms in total. The van der Waals surface area contributed by atoms with Crippen LogP contribution in [0, 0.1) is 18.8 Å². The van der Waals surface area contributed by atoms with Crippen molar-refractivity contribution >= 4 is 27.5 Å². The summed E-state index contributed by atoms with van der Waals surface area (Å²) in [6, 6.07) is 5.88. The van der Waals surface area contributed by atoms with E-state index in [9.17, 15) is 4.79 Å². The maximum Gasteiger partial charge on any atom is 0.227 e. The van der Waals surface area contributed by atoms with Gasteiger partial charge in [0.1, 0.15) is 0 Å². The lowest BCUT2D eigenvalue weighted by molar-refractivity contribution is -0.120. The van der Waals surface area contributed by atoms with Crippen molar-refractivity contribution < 1.29 is 4.79 Å². The minimum Gasteiger partial charge on any atom is -0.330 e. The molecule has 0 aliphatic heterocycles. The Hall–Kier alpha value is -0.870. The third-order valence-electron chi connectivity index (χ3n) is 3.74. The van der Waals surface area contributed by atoms with Gasteiger partial charge in [-0.25, -0.2) is 0 Å². The first-order valence-electron chi connectivity index (χ1n) is 6.39. The highest BCUT2D eigenvalue weighted by atomic mass is 79.9. The quantitative estimate of drug-likeness (QED) is 0.901. The summed E-state index contributed by atoms with van der Waals surface area (Å²) in [6.45, 7) is 2.60. The Labute approximate surface area is 116 Å². The Kier molecular flexibility index (Phi) is 4.40. The van der Waals surface area contributed by atoms with Gasteiger partial charge in [-0.05, 0) is 56.0 Å². The van der Waals surface area contributed by atoms with Crippen LogP contribution in [0.5, 0.6) is 0 Å². The average molecular weight is 311 g/mol. The summed E-state index contributed by atoms with van der Waals surface area (Å²) < 4.78 is 1.03. The van der Waals surface area contributed by atoms with E-state index in [1.54, 1.807) is 0 Å². The second-order valence-electron chi connectivity index (χ2n) is 4.98. The van der Waals surface area contributed by atoms with Crippen LogP contribution in [0.3, 0.4) is 0 Å². The number of aryl methyl sites for hydroxylation is 1. The second-order valence-corrected chi connectivity index (χ2v) is 5.90. The Morgan fingerprint density at radius 3 is 2.94 bits per heavy atom. The molecule has 0 spiro atoms. The summed E-state index contributed by atoms with van der Waals surface area (Å²) >= 11 is 3.42. The first kappa shape index (κ1) is 13.6. The van der Waals surface area contributed by atoms with Crippen LogP contribution in [0.2, 0.25) is 0 Å². The standard InChI is InChI=1S/C14H19BrN2O/c1-9-7-11(15)5-6-13(9)17-14(18)12-4-2-3-10(12)8-16/h5-7,10,12H,2-4,8,16H2,1H3,(H,17,18). The van der Waals surface area contributed by atoms with E-state index in [0.29, 0.717) is 12.5 Å². The zero-order chi connectivity index (χ0) is 13.1. The molecule has 0 bridgehead atoms. The van der Waals surface area contributed by atoms with Gasteiger partial charge >= 0.3 is 0 Å². The lowest BCUT2D eigenvalue weighted by Crippen LogP contribution is -2.29. The number of nitrogens with one attached hydrogen (secondary N) is 1. The zero-order valence-electron chi connectivity index (χ0n) is 10.6. The monoisotopic (exact) mass is 310 g/mol. The summed E-state index contributed by atoms with van der Waals surface area (Å²) in [7, 11) is 0. The third-order valence-corrected chi connectivity index (χ3v) is 4.24. The molecule has 18 heavy (non-hydrogen) atoms. The van der Waals surface area contributed by atoms with E-state index in [1.807, 2.05) is 25.1 Å². The van der Waals surface area contributed by atoms with Gasteiger partial charge in [0.2, 0.25) is 5.91 Å². The van der Waals surface area contributed by atoms with E-state index < -0.39 is 0 Å². The highest BCUT2D eigenvalue weighted by Gasteiger charge is 2.31. The molecular weight excluding hydrogens is 292 g/mol. The molecule has 1 saturated carbocycles. The molecule has 4 heteroatoms. The number of anilines is 1. The average Bonchev–Trinajstić information content (AvgIpc) is 2.81. The number of amides is 1. The number of carbonyl (C=O) groups is 1. The lowest BCUT2D eigenvalue weighted by atomic mass is 9.95. The molecule has 3 N–H and O–H groups in total. The third kappa shape index (κ3) is 2.93. The van der Waals surface area contributed by atoms with Crippen molar-refractivity contribution in [2.75, 3.05) is 11.9 Å². The molecule has 0 radical (unpaired) electrons. The fourth-order valence-corrected chi connectivity index (χ4v) is 3.13. The summed E-state index contributed by atoms with van der Waals surface area (Å²) in [5.74, 6) is 0.548. The molecule has 0 aromatic heterocycles. The van der Waals surface area contributed by atoms with Gasteiger partial charge in [-0.3, -0.25) is 4.79 Å². The van der Waals surface area contributed by atoms with E-state index in [4.69, 9.17) is 5.73 Å². The summed E-state index contributed by atoms with van der Waals surface area (Å²) in [5, 5.41) is 3.03. The maximum atomic E-state index is 12.2. The normalized spacial score (nSPS) is 23.1. The summed E-state index contributed by atoms with van der Waals surface area (Å²) in [5.41, 5.74) is 7.68. The van der Waals surface area contributed by atoms with Crippen LogP contribution in [0.4, 0.5) is 5.69 Å². The number of hydrogen-bond acceptors (Lipinski definition) is 2. The van der Waals surface area contributed by atoms with E-state index >= 15 is 0 Å². The molecule has 2 atom stereocenters. The molecule has 1 aromatic rings. The predicted molar refractivity (Wildman–Crippen MR) is 77.4 cm³/mol. The number of carbonyl (C=O) groups excluding carboxylic acids is 1. The molecule has 98 valence electrons. The van der Waals surface area contributed by atoms with Gasteiger partial charge in [-0.2, -0.15) is 0 Å². The number of nitrogens with two attached hydrogens (primary N) is 1. The highest BCUT2D eigenvalue weighted by molar-refractivity contribution is 9.10. The van der Waals surface area contributed by atoms with Gasteiger partial charge < -0.3 is 11.1 Å². The van der Waals surface area contributed by atoms with Gasteiger partial charge in [-0.1, -0.05) is 22.4 Å². The van der Waals surface area contributed by atoms with Gasteiger partial charge in [0.05, 0.1) is 0 Å². The fourth-order valence-electron chi connectivity index (χ4n) is 2.66. The van der Waals surface area contributed by atoms with Crippen LogP contribution in [-0.2, 0) is 4.79 Å². The molecule has 0 saturated heterocycles. The molecule has 1 aliphatic rings. The largest absolute Gasteiger partial charge is 0.330 e. The molecular formula is C14H19BrN2O. The molecule has 0 heterocycles. The maximum absolute atomic E-state index is 12.2. The van der Waals surface area contributed by atoms with Crippen LogP contribution in [0.25, 0.3) is 0 Å². The number of halogens is 1. The van der Waals surface area contributed by atoms with Crippen LogP contribution in [-0.4, -0.2) is 12.5 Å². The number of benzene rings is 1. The molecule has 1 aliphatic carbocycles. The van der Waals surface area contributed by atoms with Crippen molar-refractivity contribution in [3.63, 3.8) is 0 Å². The molecule has 2 unspecified atom stereocenters. The molecule has 2 rings (SSSR count). The van der Waals surface area contributed by atoms with Crippen molar-refractivity contribution in [2.24, 2.45) is 17.6 Å². The Balaban J connectivity index is 2.07. The minimum atomic E-state index is 0.0815. The number of hydrogen-bond donors (Lipinski definition) is 2. The highest BCUT2D eigenvalue weighted by Crippen LogP contribution is 2.32. The summed E-state index contributed by atoms with van der Waals surface area (Å²) in [6.07, 6.45) is 3.15. The topological polar surface area (TPSA) is 55.1 Å². The van der Waals surface area contributed by atoms with Crippen molar-refractivity contribution in [3.05, 3.63) is 28.2 Å². The summed E-state index contributed by atoms with van der Waals surface area (Å²) in [4.78, 5) is 12.2. The van der Waals surface area contributed by atoms with Crippen LogP contribution >= 0.6 is 15.9 Å². The molecule has 1 amide bonds. The number of rotatable bonds is 3. The Morgan fingerprint density at radius 1 is 1.50 bits per heavy atom. The van der Waals surface area contributed by atoms with Crippen molar-refractivity contribution in [3.8, 4) is 0 Å². The van der Waals surface area contributed by atoms with E-state index in [2.05, 4.69) is 21.2 Å². The van der Waals surface area contributed by atoms with E-state index in [0.717, 1.165) is 35.0 Å². The predicted octanol–water partition coefficient (Wildman–Crippen LogP) is 3.07. The zero-order valence-corrected chi connectivity index (χ0v) is 12.2. The smallest absolute Gasteiger partial charge is 0.227 e. The first-order chi connectivity index (χ1) is 8.61. The van der Waals surface area contributed by atoms with Crippen LogP contribution in [0.1, 0.15) is 24.8 Å². The fraction of sp³-hybridized carbons (Fsp3) is 0.500. The van der Waals surface area contributed by atoms with Gasteiger partial charge in [0.15, 0.2) is 0 Å². The van der Waals surface area contributed by atoms with Gasteiger partial charge in [0, 0.05) is 16.1 Å². The van der Waals surface area contributed by atoms with Gasteiger partial charge in [-0.15, -0.1) is 0 Å².